The van der Waals surface area contributed by atoms with Crippen molar-refractivity contribution in [3.63, 3.8) is 0 Å². The molecule has 53 heavy (non-hydrogen) atoms. The van der Waals surface area contributed by atoms with Gasteiger partial charge >= 0.3 is 12.2 Å². The predicted octanol–water partition coefficient (Wildman–Crippen LogP) is 3.65. The fraction of sp³-hybridized carbons (Fsp3) is 0.605. The molecule has 3 aliphatic heterocycles. The number of sulfonamides is 1. The zero-order valence-corrected chi connectivity index (χ0v) is 31.0. The monoisotopic (exact) mass is 751 g/mol. The molecular weight excluding hydrogens is 703 g/mol. The minimum absolute atomic E-state index is 0.0667. The number of hydrogen-bond acceptors (Lipinski definition) is 9. The molecule has 4 fully saturated rings. The molecular formula is C38H49N5O9S. The van der Waals surface area contributed by atoms with Gasteiger partial charge in [0.05, 0.1) is 24.9 Å². The number of ether oxygens (including phenoxy) is 2. The first-order valence-corrected chi connectivity index (χ1v) is 20.4. The molecule has 1 saturated heterocycles. The van der Waals surface area contributed by atoms with Crippen molar-refractivity contribution < 1.29 is 41.9 Å². The van der Waals surface area contributed by atoms with Gasteiger partial charge in [0, 0.05) is 18.9 Å². The average Bonchev–Trinajstić information content (AvgIpc) is 4.02. The van der Waals surface area contributed by atoms with Gasteiger partial charge in [-0.25, -0.2) is 18.0 Å². The summed E-state index contributed by atoms with van der Waals surface area (Å²) in [5.74, 6) is -2.60. The van der Waals surface area contributed by atoms with Gasteiger partial charge in [-0.05, 0) is 67.1 Å². The van der Waals surface area contributed by atoms with E-state index < -0.39 is 80.2 Å². The maximum Gasteiger partial charge on any atom is 0.410 e. The van der Waals surface area contributed by atoms with E-state index in [1.165, 1.54) is 11.0 Å². The Hall–Kier alpha value is -4.40. The van der Waals surface area contributed by atoms with E-state index in [-0.39, 0.29) is 26.0 Å². The summed E-state index contributed by atoms with van der Waals surface area (Å²) >= 11 is 0. The second-order valence-corrected chi connectivity index (χ2v) is 17.7. The summed E-state index contributed by atoms with van der Waals surface area (Å²) in [4.78, 5) is 72.4. The third-order valence-corrected chi connectivity index (χ3v) is 13.7. The lowest BCUT2D eigenvalue weighted by Crippen LogP contribution is -2.61. The highest BCUT2D eigenvalue weighted by atomic mass is 32.2. The molecule has 5 atom stereocenters. The summed E-state index contributed by atoms with van der Waals surface area (Å²) < 4.78 is 39.1. The van der Waals surface area contributed by atoms with Gasteiger partial charge in [0.1, 0.15) is 23.7 Å². The molecule has 4 bridgehead atoms. The zero-order valence-electron chi connectivity index (χ0n) is 30.1. The van der Waals surface area contributed by atoms with Gasteiger partial charge < -0.3 is 25.0 Å². The van der Waals surface area contributed by atoms with Crippen LogP contribution in [0.1, 0.15) is 94.2 Å². The summed E-state index contributed by atoms with van der Waals surface area (Å²) in [6, 6.07) is 3.65. The molecule has 5 amide bonds. The van der Waals surface area contributed by atoms with Crippen molar-refractivity contribution in [1.29, 1.82) is 0 Å². The number of alkyl carbamates (subject to hydrolysis) is 1. The highest BCUT2D eigenvalue weighted by Gasteiger charge is 2.62. The van der Waals surface area contributed by atoms with Crippen molar-refractivity contribution in [2.45, 2.75) is 120 Å². The molecule has 1 aromatic carbocycles. The minimum Gasteiger partial charge on any atom is -0.450 e. The Morgan fingerprint density at radius 1 is 1.08 bits per heavy atom. The Balaban J connectivity index is 1.18. The molecule has 3 heterocycles. The third-order valence-electron chi connectivity index (χ3n) is 11.9. The molecule has 0 unspecified atom stereocenters. The largest absolute Gasteiger partial charge is 0.450 e. The topological polar surface area (TPSA) is 181 Å². The third kappa shape index (κ3) is 7.54. The molecule has 0 aromatic heterocycles. The van der Waals surface area contributed by atoms with Crippen LogP contribution < -0.4 is 15.4 Å². The average molecular weight is 752 g/mol. The number of carbonyl (C=O) groups excluding carboxylic acids is 5. The number of amides is 5. The van der Waals surface area contributed by atoms with Gasteiger partial charge in [-0.15, -0.1) is 6.58 Å². The quantitative estimate of drug-likeness (QED) is 0.351. The number of rotatable bonds is 7. The van der Waals surface area contributed by atoms with Crippen LogP contribution in [-0.4, -0.2) is 90.3 Å². The maximum atomic E-state index is 14.8. The number of nitrogens with one attached hydrogen (secondary N) is 3. The molecule has 15 heteroatoms. The van der Waals surface area contributed by atoms with Crippen molar-refractivity contribution in [2.75, 3.05) is 13.2 Å². The molecule has 6 aliphatic rings. The SMILES string of the molecule is C=C[C@H]1C[C@]1(NC(=O)[C@@H]1C[C@@H]2CN1C(=O)[C@H](C1(C)CCCCC1)NC(=O)OCCC/C=C/c1cccc3c1CN(C3)C(=O)O2)C(=O)NS(=O)(=O)C1CC1. The Kier molecular flexibility index (Phi) is 10.1. The zero-order chi connectivity index (χ0) is 37.5. The van der Waals surface area contributed by atoms with Gasteiger partial charge in [0.25, 0.3) is 5.91 Å². The minimum atomic E-state index is -3.91. The molecule has 7 rings (SSSR count). The van der Waals surface area contributed by atoms with Crippen LogP contribution in [0.5, 0.6) is 0 Å². The number of carbonyl (C=O) groups is 5. The van der Waals surface area contributed by atoms with E-state index in [9.17, 15) is 32.4 Å². The van der Waals surface area contributed by atoms with Crippen LogP contribution in [0.3, 0.4) is 0 Å². The number of allylic oxidation sites excluding steroid dienone is 1. The highest BCUT2D eigenvalue weighted by molar-refractivity contribution is 7.91. The first kappa shape index (κ1) is 36.9. The van der Waals surface area contributed by atoms with Crippen molar-refractivity contribution in [3.8, 4) is 0 Å². The van der Waals surface area contributed by atoms with Crippen LogP contribution in [0.25, 0.3) is 6.08 Å². The van der Waals surface area contributed by atoms with Crippen LogP contribution in [0.2, 0.25) is 0 Å². The first-order chi connectivity index (χ1) is 25.3. The standard InChI is InChI=1S/C38H49N5O9S/c1-3-26-20-38(26,34(46)41-53(49,50)28-14-15-28)40-32(44)30-19-27-22-43(30)33(45)31(37(2)16-7-5-8-17-37)39-35(47)51-18-9-4-6-11-24-12-10-13-25-21-42(23-29(24)25)36(48)52-27/h3,6,10-13,26-28,30-31H,1,4-5,7-9,14-23H2,2H3,(H,39,47)(H,40,44)(H,41,46)/b11-6+/t26-,27+,30-,31+,38+/m0/s1. The Bertz CT molecular complexity index is 1820. The van der Waals surface area contributed by atoms with E-state index in [1.807, 2.05) is 37.3 Å². The van der Waals surface area contributed by atoms with Crippen LogP contribution in [-0.2, 0) is 47.0 Å². The summed E-state index contributed by atoms with van der Waals surface area (Å²) in [5.41, 5.74) is 0.766. The van der Waals surface area contributed by atoms with Crippen LogP contribution in [0, 0.1) is 11.3 Å². The number of nitrogens with zero attached hydrogens (tertiary/aromatic N) is 2. The van der Waals surface area contributed by atoms with Gasteiger partial charge in [-0.2, -0.15) is 0 Å². The van der Waals surface area contributed by atoms with Crippen LogP contribution in [0.4, 0.5) is 9.59 Å². The number of benzene rings is 1. The van der Waals surface area contributed by atoms with Crippen LogP contribution in [0.15, 0.2) is 36.9 Å². The summed E-state index contributed by atoms with van der Waals surface area (Å²) in [7, 11) is -3.91. The fourth-order valence-electron chi connectivity index (χ4n) is 8.43. The van der Waals surface area contributed by atoms with Gasteiger partial charge in [-0.1, -0.05) is 62.6 Å². The molecule has 1 aromatic rings. The summed E-state index contributed by atoms with van der Waals surface area (Å²) in [6.45, 7) is 6.42. The maximum absolute atomic E-state index is 14.8. The second-order valence-electron chi connectivity index (χ2n) is 15.7. The molecule has 0 radical (unpaired) electrons. The van der Waals surface area contributed by atoms with E-state index in [2.05, 4.69) is 21.9 Å². The number of cyclic esters (lactones) is 1. The molecule has 0 spiro atoms. The number of fused-ring (bicyclic) bond motifs is 3. The smallest absolute Gasteiger partial charge is 0.410 e. The Labute approximate surface area is 310 Å². The second kappa shape index (κ2) is 14.4. The van der Waals surface area contributed by atoms with E-state index in [4.69, 9.17) is 9.47 Å². The van der Waals surface area contributed by atoms with Crippen molar-refractivity contribution in [3.05, 3.63) is 53.6 Å². The number of hydrogen-bond donors (Lipinski definition) is 3. The highest BCUT2D eigenvalue weighted by Crippen LogP contribution is 2.46. The molecule has 286 valence electrons. The van der Waals surface area contributed by atoms with E-state index in [1.54, 1.807) is 4.90 Å². The van der Waals surface area contributed by atoms with Gasteiger partial charge in [0.15, 0.2) is 0 Å². The van der Waals surface area contributed by atoms with Crippen molar-refractivity contribution in [2.24, 2.45) is 11.3 Å². The van der Waals surface area contributed by atoms with Crippen molar-refractivity contribution in [1.82, 2.24) is 25.2 Å². The Morgan fingerprint density at radius 2 is 1.85 bits per heavy atom. The van der Waals surface area contributed by atoms with Gasteiger partial charge in [-0.3, -0.25) is 24.0 Å². The Morgan fingerprint density at radius 3 is 2.57 bits per heavy atom. The lowest BCUT2D eigenvalue weighted by molar-refractivity contribution is -0.143. The van der Waals surface area contributed by atoms with E-state index in [0.717, 1.165) is 36.0 Å². The normalized spacial score (nSPS) is 30.8. The van der Waals surface area contributed by atoms with E-state index >= 15 is 0 Å². The lowest BCUT2D eigenvalue weighted by Gasteiger charge is -2.42. The van der Waals surface area contributed by atoms with Crippen molar-refractivity contribution >= 4 is 46.0 Å². The molecule has 3 aliphatic carbocycles. The lowest BCUT2D eigenvalue weighted by atomic mass is 9.70. The van der Waals surface area contributed by atoms with E-state index in [0.29, 0.717) is 51.6 Å². The molecule has 14 nitrogen and oxygen atoms in total. The first-order valence-electron chi connectivity index (χ1n) is 18.8. The molecule has 3 saturated carbocycles. The van der Waals surface area contributed by atoms with Crippen LogP contribution >= 0.6 is 0 Å². The fourth-order valence-corrected chi connectivity index (χ4v) is 9.79. The predicted molar refractivity (Wildman–Crippen MR) is 193 cm³/mol. The molecule has 3 N–H and O–H groups in total. The summed E-state index contributed by atoms with van der Waals surface area (Å²) in [5, 5.41) is 4.98. The summed E-state index contributed by atoms with van der Waals surface area (Å²) in [6.07, 6.45) is 9.53. The van der Waals surface area contributed by atoms with Gasteiger partial charge in [0.2, 0.25) is 21.8 Å².